The van der Waals surface area contributed by atoms with Crippen molar-refractivity contribution in [2.75, 3.05) is 14.2 Å². The molecule has 7 heteroatoms. The smallest absolute Gasteiger partial charge is 0.219 e. The minimum Gasteiger partial charge on any atom is -0.497 e. The van der Waals surface area contributed by atoms with E-state index in [0.29, 0.717) is 27.2 Å². The summed E-state index contributed by atoms with van der Waals surface area (Å²) in [7, 11) is 3.23. The number of para-hydroxylation sites is 1. The van der Waals surface area contributed by atoms with E-state index < -0.39 is 0 Å². The standard InChI is InChI=1S/C24H18Br2N2O3/c1-30-18-10-8-15(22(14-18)31-2)9-11-21-19-12-16(25)13-20(26)24(29)23(19)28(27-21)17-6-4-3-5-7-17/h3-14H,1-2H3/b11-9+. The lowest BCUT2D eigenvalue weighted by Crippen LogP contribution is -2.06. The van der Waals surface area contributed by atoms with Crippen molar-refractivity contribution >= 4 is 54.9 Å². The number of hydrogen-bond acceptors (Lipinski definition) is 4. The van der Waals surface area contributed by atoms with Gasteiger partial charge in [0.15, 0.2) is 0 Å². The molecular formula is C24H18Br2N2O3. The molecule has 1 heterocycles. The molecule has 0 aliphatic rings. The Kier molecular flexibility index (Phi) is 6.25. The lowest BCUT2D eigenvalue weighted by Gasteiger charge is -2.07. The third-order valence-corrected chi connectivity index (χ3v) is 5.84. The van der Waals surface area contributed by atoms with Gasteiger partial charge < -0.3 is 9.47 Å². The van der Waals surface area contributed by atoms with E-state index in [4.69, 9.17) is 14.6 Å². The summed E-state index contributed by atoms with van der Waals surface area (Å²) in [4.78, 5) is 13.1. The molecule has 0 bridgehead atoms. The Bertz CT molecular complexity index is 1350. The molecule has 0 aliphatic carbocycles. The number of benzene rings is 2. The molecule has 1 aromatic heterocycles. The second-order valence-corrected chi connectivity index (χ2v) is 8.46. The van der Waals surface area contributed by atoms with Crippen LogP contribution in [0.2, 0.25) is 0 Å². The zero-order chi connectivity index (χ0) is 22.0. The molecule has 4 rings (SSSR count). The van der Waals surface area contributed by atoms with Gasteiger partial charge in [-0.2, -0.15) is 5.10 Å². The number of hydrogen-bond donors (Lipinski definition) is 0. The van der Waals surface area contributed by atoms with E-state index in [9.17, 15) is 4.79 Å². The highest BCUT2D eigenvalue weighted by atomic mass is 79.9. The Labute approximate surface area is 196 Å². The van der Waals surface area contributed by atoms with E-state index in [1.54, 1.807) is 25.0 Å². The van der Waals surface area contributed by atoms with Gasteiger partial charge in [-0.25, -0.2) is 4.68 Å². The average molecular weight is 542 g/mol. The molecule has 0 amide bonds. The van der Waals surface area contributed by atoms with Crippen LogP contribution in [-0.2, 0) is 0 Å². The van der Waals surface area contributed by atoms with Gasteiger partial charge in [0, 0.05) is 21.5 Å². The molecule has 0 saturated carbocycles. The molecule has 3 aromatic carbocycles. The van der Waals surface area contributed by atoms with Gasteiger partial charge >= 0.3 is 0 Å². The first-order chi connectivity index (χ1) is 15.0. The summed E-state index contributed by atoms with van der Waals surface area (Å²) in [6.07, 6.45) is 3.79. The topological polar surface area (TPSA) is 53.4 Å². The predicted molar refractivity (Wildman–Crippen MR) is 131 cm³/mol. The van der Waals surface area contributed by atoms with Crippen molar-refractivity contribution in [3.05, 3.63) is 91.1 Å². The summed E-state index contributed by atoms with van der Waals surface area (Å²) in [6.45, 7) is 0. The van der Waals surface area contributed by atoms with Gasteiger partial charge in [0.2, 0.25) is 5.43 Å². The van der Waals surface area contributed by atoms with E-state index in [1.807, 2.05) is 66.7 Å². The van der Waals surface area contributed by atoms with Crippen LogP contribution in [0.1, 0.15) is 11.3 Å². The summed E-state index contributed by atoms with van der Waals surface area (Å²) >= 11 is 6.91. The van der Waals surface area contributed by atoms with Crippen molar-refractivity contribution in [1.82, 2.24) is 9.78 Å². The molecule has 0 aliphatic heterocycles. The van der Waals surface area contributed by atoms with Gasteiger partial charge in [0.05, 0.1) is 30.1 Å². The molecule has 0 saturated heterocycles. The fourth-order valence-corrected chi connectivity index (χ4v) is 4.49. The third-order valence-electron chi connectivity index (χ3n) is 4.79. The first-order valence-electron chi connectivity index (χ1n) is 9.39. The van der Waals surface area contributed by atoms with Crippen molar-refractivity contribution in [3.63, 3.8) is 0 Å². The number of fused-ring (bicyclic) bond motifs is 1. The SMILES string of the molecule is COc1ccc(/C=C/c2nn(-c3ccccc3)c3c(=O)c(Br)cc(Br)cc23)c(OC)c1. The minimum absolute atomic E-state index is 0.140. The molecule has 0 atom stereocenters. The van der Waals surface area contributed by atoms with E-state index in [2.05, 4.69) is 31.9 Å². The summed E-state index contributed by atoms with van der Waals surface area (Å²) in [5.74, 6) is 1.39. The molecule has 0 radical (unpaired) electrons. The van der Waals surface area contributed by atoms with Crippen molar-refractivity contribution in [2.24, 2.45) is 0 Å². The monoisotopic (exact) mass is 540 g/mol. The van der Waals surface area contributed by atoms with Crippen LogP contribution in [0.25, 0.3) is 28.7 Å². The fraction of sp³-hybridized carbons (Fsp3) is 0.0833. The lowest BCUT2D eigenvalue weighted by molar-refractivity contribution is 0.394. The second-order valence-electron chi connectivity index (χ2n) is 6.69. The quantitative estimate of drug-likeness (QED) is 0.306. The molecule has 0 fully saturated rings. The zero-order valence-corrected chi connectivity index (χ0v) is 20.0. The van der Waals surface area contributed by atoms with Crippen LogP contribution in [0.4, 0.5) is 0 Å². The Morgan fingerprint density at radius 1 is 0.935 bits per heavy atom. The number of rotatable bonds is 5. The normalized spacial score (nSPS) is 11.2. The van der Waals surface area contributed by atoms with Crippen LogP contribution in [0.5, 0.6) is 11.5 Å². The number of aromatic nitrogens is 2. The largest absolute Gasteiger partial charge is 0.497 e. The first kappa shape index (κ1) is 21.3. The Morgan fingerprint density at radius 2 is 1.71 bits per heavy atom. The Morgan fingerprint density at radius 3 is 2.42 bits per heavy atom. The highest BCUT2D eigenvalue weighted by molar-refractivity contribution is 9.11. The van der Waals surface area contributed by atoms with Gasteiger partial charge in [-0.15, -0.1) is 0 Å². The molecule has 4 aromatic rings. The van der Waals surface area contributed by atoms with Crippen LogP contribution in [0.15, 0.2) is 74.4 Å². The van der Waals surface area contributed by atoms with Crippen molar-refractivity contribution < 1.29 is 9.47 Å². The lowest BCUT2D eigenvalue weighted by atomic mass is 10.1. The third kappa shape index (κ3) is 4.29. The fourth-order valence-electron chi connectivity index (χ4n) is 3.29. The highest BCUT2D eigenvalue weighted by Gasteiger charge is 2.15. The van der Waals surface area contributed by atoms with E-state index in [0.717, 1.165) is 21.1 Å². The number of halogens is 2. The molecule has 0 unspecified atom stereocenters. The maximum atomic E-state index is 13.1. The summed E-state index contributed by atoms with van der Waals surface area (Å²) in [5.41, 5.74) is 2.69. The van der Waals surface area contributed by atoms with Gasteiger partial charge in [0.25, 0.3) is 0 Å². The Hall–Kier alpha value is -2.90. The summed E-state index contributed by atoms with van der Waals surface area (Å²) in [6, 6.07) is 18.8. The van der Waals surface area contributed by atoms with Crippen LogP contribution in [-0.4, -0.2) is 24.0 Å². The Balaban J connectivity index is 1.95. The van der Waals surface area contributed by atoms with Crippen molar-refractivity contribution in [2.45, 2.75) is 0 Å². The van der Waals surface area contributed by atoms with E-state index >= 15 is 0 Å². The van der Waals surface area contributed by atoms with Gasteiger partial charge in [-0.05, 0) is 64.5 Å². The predicted octanol–water partition coefficient (Wildman–Crippen LogP) is 6.10. The molecule has 5 nitrogen and oxygen atoms in total. The zero-order valence-electron chi connectivity index (χ0n) is 16.8. The number of nitrogens with zero attached hydrogens (tertiary/aromatic N) is 2. The number of ether oxygens (including phenoxy) is 2. The van der Waals surface area contributed by atoms with Gasteiger partial charge in [-0.3, -0.25) is 4.79 Å². The van der Waals surface area contributed by atoms with Crippen molar-refractivity contribution in [1.29, 1.82) is 0 Å². The summed E-state index contributed by atoms with van der Waals surface area (Å²) in [5, 5.41) is 5.49. The van der Waals surface area contributed by atoms with Crippen molar-refractivity contribution in [3.8, 4) is 17.2 Å². The van der Waals surface area contributed by atoms with Crippen LogP contribution in [0.3, 0.4) is 0 Å². The minimum atomic E-state index is -0.140. The first-order valence-corrected chi connectivity index (χ1v) is 11.0. The van der Waals surface area contributed by atoms with Gasteiger partial charge in [-0.1, -0.05) is 34.1 Å². The molecule has 0 N–H and O–H groups in total. The second kappa shape index (κ2) is 9.08. The highest BCUT2D eigenvalue weighted by Crippen LogP contribution is 2.29. The van der Waals surface area contributed by atoms with Crippen LogP contribution >= 0.6 is 31.9 Å². The van der Waals surface area contributed by atoms with Crippen LogP contribution < -0.4 is 14.9 Å². The van der Waals surface area contributed by atoms with E-state index in [-0.39, 0.29) is 5.43 Å². The van der Waals surface area contributed by atoms with Crippen LogP contribution in [0, 0.1) is 0 Å². The maximum absolute atomic E-state index is 13.1. The average Bonchev–Trinajstić information content (AvgIpc) is 3.09. The molecule has 156 valence electrons. The molecular weight excluding hydrogens is 524 g/mol. The maximum Gasteiger partial charge on any atom is 0.219 e. The van der Waals surface area contributed by atoms with E-state index in [1.165, 1.54) is 0 Å². The summed E-state index contributed by atoms with van der Waals surface area (Å²) < 4.78 is 13.7. The van der Waals surface area contributed by atoms with Gasteiger partial charge in [0.1, 0.15) is 17.0 Å². The molecule has 0 spiro atoms. The molecule has 31 heavy (non-hydrogen) atoms. The number of methoxy groups -OCH3 is 2.